The van der Waals surface area contributed by atoms with E-state index >= 15 is 0 Å². The van der Waals surface area contributed by atoms with E-state index in [1.165, 1.54) is 38.8 Å². The second-order valence-corrected chi connectivity index (χ2v) is 7.01. The van der Waals surface area contributed by atoms with E-state index in [-0.39, 0.29) is 11.4 Å². The van der Waals surface area contributed by atoms with Gasteiger partial charge in [-0.2, -0.15) is 0 Å². The van der Waals surface area contributed by atoms with Crippen molar-refractivity contribution in [3.63, 3.8) is 0 Å². The van der Waals surface area contributed by atoms with Crippen molar-refractivity contribution in [2.24, 2.45) is 5.92 Å². The monoisotopic (exact) mass is 296 g/mol. The van der Waals surface area contributed by atoms with Crippen LogP contribution in [0.3, 0.4) is 0 Å². The number of aromatic amines is 1. The van der Waals surface area contributed by atoms with Crippen LogP contribution in [0.4, 0.5) is 0 Å². The largest absolute Gasteiger partial charge is 0.361 e. The van der Waals surface area contributed by atoms with Gasteiger partial charge in [0.2, 0.25) is 0 Å². The van der Waals surface area contributed by atoms with Crippen LogP contribution in [0.1, 0.15) is 36.2 Å². The number of pyridine rings is 1. The van der Waals surface area contributed by atoms with Gasteiger partial charge in [-0.3, -0.25) is 14.7 Å². The summed E-state index contributed by atoms with van der Waals surface area (Å²) < 4.78 is 0. The van der Waals surface area contributed by atoms with Gasteiger partial charge in [0.1, 0.15) is 5.69 Å². The Labute approximate surface area is 129 Å². The molecule has 114 valence electrons. The number of hydrogen-bond donors (Lipinski definition) is 2. The van der Waals surface area contributed by atoms with Crippen LogP contribution in [0.25, 0.3) is 10.9 Å². The SMILES string of the molecule is O=C(NC1C2CCN(CC2)C12CC2)c1cc2[nH]ccc2cn1. The topological polar surface area (TPSA) is 61.0 Å². The van der Waals surface area contributed by atoms with Gasteiger partial charge in [-0.05, 0) is 56.8 Å². The Kier molecular flexibility index (Phi) is 2.48. The maximum Gasteiger partial charge on any atom is 0.270 e. The molecule has 5 nitrogen and oxygen atoms in total. The first-order valence-corrected chi connectivity index (χ1v) is 8.25. The van der Waals surface area contributed by atoms with Crippen LogP contribution in [0.2, 0.25) is 0 Å². The third-order valence-corrected chi connectivity index (χ3v) is 5.94. The maximum absolute atomic E-state index is 12.7. The quantitative estimate of drug-likeness (QED) is 0.890. The lowest BCUT2D eigenvalue weighted by Crippen LogP contribution is -2.65. The summed E-state index contributed by atoms with van der Waals surface area (Å²) in [5, 5.41) is 4.36. The van der Waals surface area contributed by atoms with Gasteiger partial charge >= 0.3 is 0 Å². The highest BCUT2D eigenvalue weighted by atomic mass is 16.2. The minimum atomic E-state index is -0.0264. The van der Waals surface area contributed by atoms with Crippen molar-refractivity contribution in [2.75, 3.05) is 13.1 Å². The van der Waals surface area contributed by atoms with Gasteiger partial charge in [0, 0.05) is 28.8 Å². The fraction of sp³-hybridized carbons (Fsp3) is 0.529. The molecule has 1 saturated carbocycles. The molecule has 4 fully saturated rings. The average Bonchev–Trinajstić information content (AvgIpc) is 3.18. The van der Waals surface area contributed by atoms with Crippen LogP contribution in [0.15, 0.2) is 24.5 Å². The number of aromatic nitrogens is 2. The van der Waals surface area contributed by atoms with E-state index in [2.05, 4.69) is 20.2 Å². The van der Waals surface area contributed by atoms with E-state index in [9.17, 15) is 4.79 Å². The average molecular weight is 296 g/mol. The lowest BCUT2D eigenvalue weighted by Gasteiger charge is -2.52. The number of nitrogens with one attached hydrogen (secondary N) is 2. The standard InChI is InChI=1S/C17H20N4O/c22-16(14-9-13-12(10-19-14)1-6-18-13)20-15-11-2-7-21(8-3-11)17(15)4-5-17/h1,6,9-11,15,18H,2-5,7-8H2,(H,20,22). The Morgan fingerprint density at radius 3 is 2.95 bits per heavy atom. The number of rotatable bonds is 2. The predicted octanol–water partition coefficient (Wildman–Crippen LogP) is 1.92. The molecule has 3 aliphatic heterocycles. The van der Waals surface area contributed by atoms with Crippen LogP contribution in [0, 0.1) is 5.92 Å². The van der Waals surface area contributed by atoms with E-state index < -0.39 is 0 Å². The number of amides is 1. The molecule has 1 unspecified atom stereocenters. The molecule has 2 aromatic heterocycles. The van der Waals surface area contributed by atoms with Gasteiger partial charge in [0.15, 0.2) is 0 Å². The zero-order valence-electron chi connectivity index (χ0n) is 12.5. The molecule has 5 heteroatoms. The zero-order chi connectivity index (χ0) is 14.7. The molecule has 2 N–H and O–H groups in total. The highest BCUT2D eigenvalue weighted by Gasteiger charge is 2.60. The van der Waals surface area contributed by atoms with Crippen LogP contribution in [0.5, 0.6) is 0 Å². The molecule has 0 radical (unpaired) electrons. The number of nitrogens with zero attached hydrogens (tertiary/aromatic N) is 2. The third kappa shape index (κ3) is 1.69. The van der Waals surface area contributed by atoms with Crippen molar-refractivity contribution >= 4 is 16.8 Å². The van der Waals surface area contributed by atoms with Crippen molar-refractivity contribution in [3.8, 4) is 0 Å². The van der Waals surface area contributed by atoms with Crippen LogP contribution >= 0.6 is 0 Å². The number of H-pyrrole nitrogens is 1. The number of piperidine rings is 3. The Bertz CT molecular complexity index is 740. The molecular formula is C17H20N4O. The Morgan fingerprint density at radius 2 is 2.18 bits per heavy atom. The highest BCUT2D eigenvalue weighted by molar-refractivity contribution is 5.95. The molecule has 6 rings (SSSR count). The van der Waals surface area contributed by atoms with Gasteiger partial charge in [0.05, 0.1) is 6.04 Å². The summed E-state index contributed by atoms with van der Waals surface area (Å²) in [5.41, 5.74) is 1.75. The molecule has 1 amide bonds. The molecule has 4 aliphatic rings. The fourth-order valence-electron chi connectivity index (χ4n) is 4.61. The summed E-state index contributed by atoms with van der Waals surface area (Å²) >= 11 is 0. The van der Waals surface area contributed by atoms with Crippen LogP contribution in [-0.4, -0.2) is 45.4 Å². The van der Waals surface area contributed by atoms with Gasteiger partial charge < -0.3 is 10.3 Å². The highest BCUT2D eigenvalue weighted by Crippen LogP contribution is 2.53. The summed E-state index contributed by atoms with van der Waals surface area (Å²) in [4.78, 5) is 22.7. The molecule has 0 aromatic carbocycles. The van der Waals surface area contributed by atoms with E-state index in [0.717, 1.165) is 10.9 Å². The van der Waals surface area contributed by atoms with Crippen molar-refractivity contribution in [2.45, 2.75) is 37.3 Å². The summed E-state index contributed by atoms with van der Waals surface area (Å²) in [6.45, 7) is 2.42. The predicted molar refractivity (Wildman–Crippen MR) is 83.6 cm³/mol. The summed E-state index contributed by atoms with van der Waals surface area (Å²) in [6.07, 6.45) is 8.55. The molecule has 1 aliphatic carbocycles. The van der Waals surface area contributed by atoms with Gasteiger partial charge in [-0.1, -0.05) is 0 Å². The van der Waals surface area contributed by atoms with Crippen molar-refractivity contribution in [1.29, 1.82) is 0 Å². The van der Waals surface area contributed by atoms with Gasteiger partial charge in [-0.25, -0.2) is 0 Å². The van der Waals surface area contributed by atoms with Gasteiger partial charge in [-0.15, -0.1) is 0 Å². The third-order valence-electron chi connectivity index (χ3n) is 5.94. The molecule has 22 heavy (non-hydrogen) atoms. The van der Waals surface area contributed by atoms with Crippen molar-refractivity contribution in [1.82, 2.24) is 20.2 Å². The van der Waals surface area contributed by atoms with Crippen molar-refractivity contribution < 1.29 is 4.79 Å². The number of carbonyl (C=O) groups is 1. The lowest BCUT2D eigenvalue weighted by molar-refractivity contribution is -0.00152. The molecule has 3 saturated heterocycles. The second kappa shape index (κ2) is 4.32. The van der Waals surface area contributed by atoms with Crippen molar-refractivity contribution in [3.05, 3.63) is 30.2 Å². The van der Waals surface area contributed by atoms with Crippen LogP contribution in [-0.2, 0) is 0 Å². The summed E-state index contributed by atoms with van der Waals surface area (Å²) in [7, 11) is 0. The first kappa shape index (κ1) is 12.6. The number of fused-ring (bicyclic) bond motifs is 3. The minimum absolute atomic E-state index is 0.0264. The smallest absolute Gasteiger partial charge is 0.270 e. The molecule has 1 spiro atoms. The number of carbonyl (C=O) groups excluding carboxylic acids is 1. The molecule has 2 bridgehead atoms. The molecule has 5 heterocycles. The van der Waals surface area contributed by atoms with E-state index in [1.54, 1.807) is 6.20 Å². The first-order valence-electron chi connectivity index (χ1n) is 8.25. The normalized spacial score (nSPS) is 31.5. The second-order valence-electron chi connectivity index (χ2n) is 7.01. The van der Waals surface area contributed by atoms with Gasteiger partial charge in [0.25, 0.3) is 5.91 Å². The summed E-state index contributed by atoms with van der Waals surface area (Å²) in [6, 6.07) is 4.13. The maximum atomic E-state index is 12.7. The fourth-order valence-corrected chi connectivity index (χ4v) is 4.61. The Hall–Kier alpha value is -1.88. The lowest BCUT2D eigenvalue weighted by atomic mass is 9.77. The summed E-state index contributed by atoms with van der Waals surface area (Å²) in [5.74, 6) is 0.618. The van der Waals surface area contributed by atoms with E-state index in [4.69, 9.17) is 0 Å². The minimum Gasteiger partial charge on any atom is -0.361 e. The molecule has 2 aromatic rings. The molecular weight excluding hydrogens is 276 g/mol. The van der Waals surface area contributed by atoms with Crippen LogP contribution < -0.4 is 5.32 Å². The zero-order valence-corrected chi connectivity index (χ0v) is 12.5. The Balaban J connectivity index is 1.42. The molecule has 1 atom stereocenters. The van der Waals surface area contributed by atoms with E-state index in [1.807, 2.05) is 18.3 Å². The number of hydrogen-bond acceptors (Lipinski definition) is 3. The Morgan fingerprint density at radius 1 is 1.36 bits per heavy atom. The van der Waals surface area contributed by atoms with E-state index in [0.29, 0.717) is 17.7 Å². The first-order chi connectivity index (χ1) is 10.8.